The highest BCUT2D eigenvalue weighted by Gasteiger charge is 2.16. The Balaban J connectivity index is 2.34. The summed E-state index contributed by atoms with van der Waals surface area (Å²) >= 11 is 0. The molecule has 0 atom stereocenters. The number of hydrogen-bond acceptors (Lipinski definition) is 4. The van der Waals surface area contributed by atoms with Gasteiger partial charge in [-0.2, -0.15) is 0 Å². The normalized spacial score (nSPS) is 10.9. The number of fused-ring (bicyclic) bond motifs is 1. The third kappa shape index (κ3) is 1.45. The first kappa shape index (κ1) is 10.5. The van der Waals surface area contributed by atoms with Crippen molar-refractivity contribution in [2.45, 2.75) is 6.92 Å². The molecule has 3 aromatic rings. The number of H-pyrrole nitrogens is 1. The van der Waals surface area contributed by atoms with Crippen LogP contribution in [0.3, 0.4) is 0 Å². The van der Waals surface area contributed by atoms with Crippen LogP contribution < -0.4 is 0 Å². The molecule has 18 heavy (non-hydrogen) atoms. The monoisotopic (exact) mass is 243 g/mol. The van der Waals surface area contributed by atoms with Gasteiger partial charge in [0.05, 0.1) is 11.3 Å². The lowest BCUT2D eigenvalue weighted by atomic mass is 10.2. The van der Waals surface area contributed by atoms with Crippen molar-refractivity contribution in [2.75, 3.05) is 0 Å². The lowest BCUT2D eigenvalue weighted by molar-refractivity contribution is 0.0698. The lowest BCUT2D eigenvalue weighted by Gasteiger charge is -2.01. The zero-order chi connectivity index (χ0) is 12.7. The smallest absolute Gasteiger partial charge is 0.338 e. The fraction of sp³-hybridized carbons (Fsp3) is 0.0909. The van der Waals surface area contributed by atoms with Crippen LogP contribution >= 0.6 is 0 Å². The van der Waals surface area contributed by atoms with Gasteiger partial charge >= 0.3 is 5.97 Å². The molecule has 0 bridgehead atoms. The van der Waals surface area contributed by atoms with Crippen LogP contribution in [0.4, 0.5) is 0 Å². The van der Waals surface area contributed by atoms with Gasteiger partial charge in [-0.3, -0.25) is 4.57 Å². The number of aryl methyl sites for hydroxylation is 1. The Morgan fingerprint density at radius 1 is 1.44 bits per heavy atom. The summed E-state index contributed by atoms with van der Waals surface area (Å²) in [6.07, 6.45) is 4.66. The summed E-state index contributed by atoms with van der Waals surface area (Å²) in [5, 5.41) is 9.18. The molecule has 0 unspecified atom stereocenters. The van der Waals surface area contributed by atoms with E-state index >= 15 is 0 Å². The first-order valence-corrected chi connectivity index (χ1v) is 5.24. The second-order valence-corrected chi connectivity index (χ2v) is 3.82. The Bertz CT molecular complexity index is 743. The van der Waals surface area contributed by atoms with Crippen LogP contribution in [0.2, 0.25) is 0 Å². The second kappa shape index (κ2) is 3.66. The average Bonchev–Trinajstić information content (AvgIpc) is 2.94. The van der Waals surface area contributed by atoms with Gasteiger partial charge in [-0.25, -0.2) is 19.7 Å². The maximum absolute atomic E-state index is 11.2. The number of carboxylic acids is 1. The number of pyridine rings is 1. The van der Waals surface area contributed by atoms with E-state index in [1.807, 2.05) is 6.92 Å². The number of imidazole rings is 2. The molecule has 0 fully saturated rings. The Labute approximate surface area is 101 Å². The summed E-state index contributed by atoms with van der Waals surface area (Å²) in [6, 6.07) is 1.44. The van der Waals surface area contributed by atoms with E-state index in [1.54, 1.807) is 10.8 Å². The zero-order valence-corrected chi connectivity index (χ0v) is 9.45. The molecule has 0 saturated heterocycles. The van der Waals surface area contributed by atoms with Crippen LogP contribution in [0.15, 0.2) is 24.8 Å². The number of aromatic nitrogens is 5. The summed E-state index contributed by atoms with van der Waals surface area (Å²) in [4.78, 5) is 26.5. The van der Waals surface area contributed by atoms with Crippen LogP contribution in [0.5, 0.6) is 0 Å². The van der Waals surface area contributed by atoms with E-state index in [0.29, 0.717) is 17.1 Å². The SMILES string of the molecule is Cc1c[nH]c(-n2cnc3nccc(C(=O)O)c32)n1. The van der Waals surface area contributed by atoms with E-state index < -0.39 is 5.97 Å². The van der Waals surface area contributed by atoms with Crippen molar-refractivity contribution in [2.24, 2.45) is 0 Å². The van der Waals surface area contributed by atoms with Gasteiger partial charge in [-0.15, -0.1) is 0 Å². The molecule has 0 saturated carbocycles. The molecule has 2 N–H and O–H groups in total. The topological polar surface area (TPSA) is 96.7 Å². The molecule has 3 heterocycles. The summed E-state index contributed by atoms with van der Waals surface area (Å²) in [5.41, 5.74) is 1.77. The van der Waals surface area contributed by atoms with Crippen molar-refractivity contribution >= 4 is 17.1 Å². The maximum atomic E-state index is 11.2. The van der Waals surface area contributed by atoms with Gasteiger partial charge in [0.2, 0.25) is 5.95 Å². The van der Waals surface area contributed by atoms with E-state index in [2.05, 4.69) is 19.9 Å². The van der Waals surface area contributed by atoms with Gasteiger partial charge in [-0.1, -0.05) is 0 Å². The van der Waals surface area contributed by atoms with E-state index in [9.17, 15) is 9.90 Å². The van der Waals surface area contributed by atoms with E-state index in [-0.39, 0.29) is 5.56 Å². The maximum Gasteiger partial charge on any atom is 0.338 e. The van der Waals surface area contributed by atoms with Crippen molar-refractivity contribution in [3.63, 3.8) is 0 Å². The number of rotatable bonds is 2. The molecular formula is C11H9N5O2. The third-order valence-electron chi connectivity index (χ3n) is 2.59. The van der Waals surface area contributed by atoms with Crippen molar-refractivity contribution < 1.29 is 9.90 Å². The van der Waals surface area contributed by atoms with Crippen LogP contribution in [0, 0.1) is 6.92 Å². The molecule has 0 aliphatic heterocycles. The third-order valence-corrected chi connectivity index (χ3v) is 2.59. The van der Waals surface area contributed by atoms with Gasteiger partial charge in [0.1, 0.15) is 11.8 Å². The first-order valence-electron chi connectivity index (χ1n) is 5.24. The molecule has 0 aliphatic carbocycles. The number of carboxylic acid groups (broad SMARTS) is 1. The molecule has 7 heteroatoms. The van der Waals surface area contributed by atoms with Crippen LogP contribution in [-0.4, -0.2) is 35.6 Å². The molecule has 0 radical (unpaired) electrons. The predicted octanol–water partition coefficient (Wildman–Crippen LogP) is 1.15. The highest BCUT2D eigenvalue weighted by molar-refractivity contribution is 6.00. The molecule has 0 aromatic carbocycles. The number of aromatic carboxylic acids is 1. The summed E-state index contributed by atoms with van der Waals surface area (Å²) in [7, 11) is 0. The number of nitrogens with one attached hydrogen (secondary N) is 1. The molecule has 3 rings (SSSR count). The van der Waals surface area contributed by atoms with Gasteiger partial charge in [0.15, 0.2) is 5.65 Å². The van der Waals surface area contributed by atoms with Gasteiger partial charge in [-0.05, 0) is 13.0 Å². The Morgan fingerprint density at radius 2 is 2.28 bits per heavy atom. The second-order valence-electron chi connectivity index (χ2n) is 3.82. The Morgan fingerprint density at radius 3 is 2.94 bits per heavy atom. The quantitative estimate of drug-likeness (QED) is 0.703. The van der Waals surface area contributed by atoms with Crippen molar-refractivity contribution in [3.05, 3.63) is 36.0 Å². The van der Waals surface area contributed by atoms with Crippen LogP contribution in [0.25, 0.3) is 17.1 Å². The predicted molar refractivity (Wildman–Crippen MR) is 62.7 cm³/mol. The van der Waals surface area contributed by atoms with E-state index in [0.717, 1.165) is 5.69 Å². The molecule has 90 valence electrons. The Kier molecular flexibility index (Phi) is 2.12. The van der Waals surface area contributed by atoms with Crippen molar-refractivity contribution in [3.8, 4) is 5.95 Å². The molecule has 0 aliphatic rings. The summed E-state index contributed by atoms with van der Waals surface area (Å²) in [5.74, 6) is -0.502. The fourth-order valence-corrected chi connectivity index (χ4v) is 1.80. The molecule has 7 nitrogen and oxygen atoms in total. The van der Waals surface area contributed by atoms with Crippen molar-refractivity contribution in [1.29, 1.82) is 0 Å². The molecule has 0 spiro atoms. The standard InChI is InChI=1S/C11H9N5O2/c1-6-4-13-11(15-6)16-5-14-9-8(16)7(10(17)18)2-3-12-9/h2-5H,1H3,(H,13,15)(H,17,18). The minimum atomic E-state index is -1.02. The Hall–Kier alpha value is -2.70. The van der Waals surface area contributed by atoms with Gasteiger partial charge in [0.25, 0.3) is 0 Å². The van der Waals surface area contributed by atoms with E-state index in [4.69, 9.17) is 0 Å². The first-order chi connectivity index (χ1) is 8.66. The van der Waals surface area contributed by atoms with E-state index in [1.165, 1.54) is 18.6 Å². The summed E-state index contributed by atoms with van der Waals surface area (Å²) in [6.45, 7) is 1.84. The van der Waals surface area contributed by atoms with Crippen molar-refractivity contribution in [1.82, 2.24) is 24.5 Å². The average molecular weight is 243 g/mol. The number of hydrogen-bond donors (Lipinski definition) is 2. The fourth-order valence-electron chi connectivity index (χ4n) is 1.80. The summed E-state index contributed by atoms with van der Waals surface area (Å²) < 4.78 is 1.58. The molecule has 3 aromatic heterocycles. The minimum Gasteiger partial charge on any atom is -0.478 e. The van der Waals surface area contributed by atoms with Crippen LogP contribution in [-0.2, 0) is 0 Å². The lowest BCUT2D eigenvalue weighted by Crippen LogP contribution is -2.03. The largest absolute Gasteiger partial charge is 0.478 e. The van der Waals surface area contributed by atoms with Gasteiger partial charge in [0, 0.05) is 12.4 Å². The zero-order valence-electron chi connectivity index (χ0n) is 9.45. The number of nitrogens with zero attached hydrogens (tertiary/aromatic N) is 4. The minimum absolute atomic E-state index is 0.145. The number of carbonyl (C=O) groups is 1. The molecular weight excluding hydrogens is 234 g/mol. The molecule has 0 amide bonds. The highest BCUT2D eigenvalue weighted by atomic mass is 16.4. The van der Waals surface area contributed by atoms with Crippen LogP contribution in [0.1, 0.15) is 16.1 Å². The highest BCUT2D eigenvalue weighted by Crippen LogP contribution is 2.18. The number of aromatic amines is 1. The van der Waals surface area contributed by atoms with Gasteiger partial charge < -0.3 is 10.1 Å².